The van der Waals surface area contributed by atoms with E-state index >= 15 is 0 Å². The Hall–Kier alpha value is -1.82. The van der Waals surface area contributed by atoms with E-state index < -0.39 is 5.91 Å². The second kappa shape index (κ2) is 5.32. The minimum absolute atomic E-state index is 0.0140. The zero-order valence-electron chi connectivity index (χ0n) is 9.36. The van der Waals surface area contributed by atoms with Crippen LogP contribution in [0.15, 0.2) is 12.3 Å². The highest BCUT2D eigenvalue weighted by molar-refractivity contribution is 5.98. The second-order valence-corrected chi connectivity index (χ2v) is 3.46. The normalized spacial score (nSPS) is 12.1. The number of pyridine rings is 1. The zero-order chi connectivity index (χ0) is 12.1. The summed E-state index contributed by atoms with van der Waals surface area (Å²) in [4.78, 5) is 15.2. The van der Waals surface area contributed by atoms with Gasteiger partial charge in [-0.25, -0.2) is 4.98 Å². The molecule has 0 aliphatic carbocycles. The molecule has 0 aliphatic rings. The fourth-order valence-corrected chi connectivity index (χ4v) is 1.13. The van der Waals surface area contributed by atoms with Crippen LogP contribution in [0, 0.1) is 0 Å². The van der Waals surface area contributed by atoms with Crippen LogP contribution in [0.2, 0.25) is 0 Å². The molecule has 5 N–H and O–H groups in total. The van der Waals surface area contributed by atoms with Crippen LogP contribution in [0.25, 0.3) is 0 Å². The molecule has 88 valence electrons. The molecule has 0 saturated carbocycles. The number of nitrogen functional groups attached to an aromatic ring is 1. The summed E-state index contributed by atoms with van der Waals surface area (Å²) in [6.45, 7) is 2.43. The Labute approximate surface area is 94.0 Å². The number of nitrogens with two attached hydrogens (primary N) is 2. The number of ether oxygens (including phenoxy) is 1. The van der Waals surface area contributed by atoms with E-state index in [1.54, 1.807) is 7.11 Å². The van der Waals surface area contributed by atoms with Crippen molar-refractivity contribution in [1.29, 1.82) is 0 Å². The van der Waals surface area contributed by atoms with Gasteiger partial charge in [0, 0.05) is 13.7 Å². The molecule has 1 amide bonds. The predicted octanol–water partition coefficient (Wildman–Crippen LogP) is 0.209. The van der Waals surface area contributed by atoms with Gasteiger partial charge in [0.05, 0.1) is 23.6 Å². The second-order valence-electron chi connectivity index (χ2n) is 3.46. The molecule has 1 aromatic heterocycles. The smallest absolute Gasteiger partial charge is 0.252 e. The summed E-state index contributed by atoms with van der Waals surface area (Å²) in [6, 6.07) is 1.50. The summed E-state index contributed by atoms with van der Waals surface area (Å²) >= 11 is 0. The van der Waals surface area contributed by atoms with Crippen molar-refractivity contribution in [2.45, 2.75) is 13.0 Å². The van der Waals surface area contributed by atoms with Crippen LogP contribution in [-0.4, -0.2) is 30.6 Å². The van der Waals surface area contributed by atoms with Crippen LogP contribution in [0.1, 0.15) is 17.3 Å². The number of methoxy groups -OCH3 is 1. The lowest BCUT2D eigenvalue weighted by Crippen LogP contribution is -2.22. The Morgan fingerprint density at radius 3 is 2.94 bits per heavy atom. The number of rotatable bonds is 5. The Balaban J connectivity index is 2.82. The predicted molar refractivity (Wildman–Crippen MR) is 62.1 cm³/mol. The molecule has 1 heterocycles. The number of hydrogen-bond donors (Lipinski definition) is 3. The summed E-state index contributed by atoms with van der Waals surface area (Å²) in [5.74, 6) is -0.141. The van der Waals surface area contributed by atoms with E-state index in [1.807, 2.05) is 6.92 Å². The number of anilines is 2. The van der Waals surface area contributed by atoms with Gasteiger partial charge in [0.25, 0.3) is 5.91 Å². The van der Waals surface area contributed by atoms with Gasteiger partial charge in [-0.1, -0.05) is 0 Å². The highest BCUT2D eigenvalue weighted by Gasteiger charge is 2.10. The molecule has 16 heavy (non-hydrogen) atoms. The average molecular weight is 224 g/mol. The maximum absolute atomic E-state index is 11.1. The maximum atomic E-state index is 11.1. The lowest BCUT2D eigenvalue weighted by atomic mass is 10.2. The number of aromatic nitrogens is 1. The van der Waals surface area contributed by atoms with Crippen molar-refractivity contribution in [2.75, 3.05) is 24.7 Å². The highest BCUT2D eigenvalue weighted by atomic mass is 16.5. The number of nitrogens with one attached hydrogen (secondary N) is 1. The Kier molecular flexibility index (Phi) is 4.07. The van der Waals surface area contributed by atoms with Gasteiger partial charge in [-0.3, -0.25) is 4.79 Å². The van der Waals surface area contributed by atoms with E-state index in [0.29, 0.717) is 18.1 Å². The summed E-state index contributed by atoms with van der Waals surface area (Å²) < 4.78 is 5.06. The molecule has 0 aliphatic heterocycles. The van der Waals surface area contributed by atoms with Crippen LogP contribution in [0.5, 0.6) is 0 Å². The molecule has 6 nitrogen and oxygen atoms in total. The number of hydrogen-bond acceptors (Lipinski definition) is 5. The molecule has 0 bridgehead atoms. The molecule has 0 radical (unpaired) electrons. The molecular weight excluding hydrogens is 208 g/mol. The molecular formula is C10H16N4O2. The third-order valence-corrected chi connectivity index (χ3v) is 2.13. The Morgan fingerprint density at radius 1 is 1.69 bits per heavy atom. The Morgan fingerprint density at radius 2 is 2.38 bits per heavy atom. The molecule has 0 aromatic carbocycles. The van der Waals surface area contributed by atoms with E-state index in [-0.39, 0.29) is 11.7 Å². The van der Waals surface area contributed by atoms with Crippen molar-refractivity contribution in [3.63, 3.8) is 0 Å². The lowest BCUT2D eigenvalue weighted by Gasteiger charge is -2.13. The SMILES string of the molecule is COC(C)CNc1ncc(N)cc1C(N)=O. The van der Waals surface area contributed by atoms with Crippen LogP contribution in [-0.2, 0) is 4.74 Å². The third-order valence-electron chi connectivity index (χ3n) is 2.13. The van der Waals surface area contributed by atoms with Crippen molar-refractivity contribution in [3.05, 3.63) is 17.8 Å². The first kappa shape index (κ1) is 12.3. The first-order chi connectivity index (χ1) is 7.54. The summed E-state index contributed by atoms with van der Waals surface area (Å²) in [6.07, 6.45) is 1.48. The topological polar surface area (TPSA) is 103 Å². The van der Waals surface area contributed by atoms with Gasteiger partial charge in [0.2, 0.25) is 0 Å². The van der Waals surface area contributed by atoms with E-state index in [4.69, 9.17) is 16.2 Å². The summed E-state index contributed by atoms with van der Waals surface area (Å²) in [5, 5.41) is 2.98. The van der Waals surface area contributed by atoms with Crippen LogP contribution < -0.4 is 16.8 Å². The first-order valence-electron chi connectivity index (χ1n) is 4.86. The number of carbonyl (C=O) groups excluding carboxylic acids is 1. The fourth-order valence-electron chi connectivity index (χ4n) is 1.13. The van der Waals surface area contributed by atoms with Crippen molar-refractivity contribution >= 4 is 17.4 Å². The van der Waals surface area contributed by atoms with Gasteiger partial charge in [-0.15, -0.1) is 0 Å². The number of nitrogens with zero attached hydrogens (tertiary/aromatic N) is 1. The lowest BCUT2D eigenvalue weighted by molar-refractivity contribution is 0.1000. The van der Waals surface area contributed by atoms with E-state index in [2.05, 4.69) is 10.3 Å². The minimum Gasteiger partial charge on any atom is -0.397 e. The average Bonchev–Trinajstić information content (AvgIpc) is 2.26. The maximum Gasteiger partial charge on any atom is 0.252 e. The summed E-state index contributed by atoms with van der Waals surface area (Å²) in [7, 11) is 1.61. The standard InChI is InChI=1S/C10H16N4O2/c1-6(16-2)4-13-10-8(9(12)15)3-7(11)5-14-10/h3,5-6H,4,11H2,1-2H3,(H2,12,15)(H,13,14). The minimum atomic E-state index is -0.563. The number of amides is 1. The van der Waals surface area contributed by atoms with Crippen molar-refractivity contribution in [2.24, 2.45) is 5.73 Å². The van der Waals surface area contributed by atoms with Crippen molar-refractivity contribution < 1.29 is 9.53 Å². The molecule has 6 heteroatoms. The van der Waals surface area contributed by atoms with Gasteiger partial charge in [-0.2, -0.15) is 0 Å². The number of carbonyl (C=O) groups is 1. The van der Waals surface area contributed by atoms with Gasteiger partial charge in [0.1, 0.15) is 5.82 Å². The molecule has 1 atom stereocenters. The quantitative estimate of drug-likeness (QED) is 0.663. The zero-order valence-corrected chi connectivity index (χ0v) is 9.36. The molecule has 1 rings (SSSR count). The van der Waals surface area contributed by atoms with Gasteiger partial charge in [0.15, 0.2) is 0 Å². The summed E-state index contributed by atoms with van der Waals surface area (Å²) in [5.41, 5.74) is 11.4. The van der Waals surface area contributed by atoms with Crippen LogP contribution in [0.3, 0.4) is 0 Å². The molecule has 1 unspecified atom stereocenters. The first-order valence-corrected chi connectivity index (χ1v) is 4.86. The van der Waals surface area contributed by atoms with Crippen LogP contribution in [0.4, 0.5) is 11.5 Å². The van der Waals surface area contributed by atoms with E-state index in [1.165, 1.54) is 12.3 Å². The molecule has 0 fully saturated rings. The van der Waals surface area contributed by atoms with E-state index in [9.17, 15) is 4.79 Å². The molecule has 0 saturated heterocycles. The highest BCUT2D eigenvalue weighted by Crippen LogP contribution is 2.14. The number of primary amides is 1. The molecule has 1 aromatic rings. The van der Waals surface area contributed by atoms with E-state index in [0.717, 1.165) is 0 Å². The van der Waals surface area contributed by atoms with Crippen molar-refractivity contribution in [1.82, 2.24) is 4.98 Å². The van der Waals surface area contributed by atoms with Gasteiger partial charge in [-0.05, 0) is 13.0 Å². The fraction of sp³-hybridized carbons (Fsp3) is 0.400. The molecule has 0 spiro atoms. The third kappa shape index (κ3) is 3.09. The van der Waals surface area contributed by atoms with Gasteiger partial charge < -0.3 is 21.5 Å². The Bertz CT molecular complexity index is 381. The van der Waals surface area contributed by atoms with Gasteiger partial charge >= 0.3 is 0 Å². The monoisotopic (exact) mass is 224 g/mol. The largest absolute Gasteiger partial charge is 0.397 e. The van der Waals surface area contributed by atoms with Crippen molar-refractivity contribution in [3.8, 4) is 0 Å². The van der Waals surface area contributed by atoms with Crippen LogP contribution >= 0.6 is 0 Å².